The second-order valence-electron chi connectivity index (χ2n) is 12.8. The number of piperazine rings is 1. The molecule has 0 saturated carbocycles. The minimum absolute atomic E-state index is 0.396. The summed E-state index contributed by atoms with van der Waals surface area (Å²) in [5.41, 5.74) is 5.04. The smallest absolute Gasteiger partial charge is 0.229 e. The lowest BCUT2D eigenvalue weighted by molar-refractivity contribution is 0.0982. The Morgan fingerprint density at radius 2 is 1.74 bits per heavy atom. The molecule has 0 amide bonds. The molecule has 2 aliphatic rings. The van der Waals surface area contributed by atoms with Gasteiger partial charge in [-0.25, -0.2) is 9.97 Å². The summed E-state index contributed by atoms with van der Waals surface area (Å²) in [6, 6.07) is 12.3. The van der Waals surface area contributed by atoms with Crippen LogP contribution in [-0.2, 0) is 4.57 Å². The quantitative estimate of drug-likeness (QED) is 0.166. The maximum Gasteiger partial charge on any atom is 0.229 e. The van der Waals surface area contributed by atoms with Crippen molar-refractivity contribution in [3.8, 4) is 18.1 Å². The molecule has 0 bridgehead atoms. The highest BCUT2D eigenvalue weighted by Crippen LogP contribution is 2.42. The monoisotopic (exact) mass is 716 g/mol. The number of rotatable bonds is 8. The summed E-state index contributed by atoms with van der Waals surface area (Å²) in [6.45, 7) is 12.3. The summed E-state index contributed by atoms with van der Waals surface area (Å²) < 4.78 is 20.1. The van der Waals surface area contributed by atoms with Gasteiger partial charge in [-0.1, -0.05) is 5.92 Å². The maximum atomic E-state index is 13.5. The van der Waals surface area contributed by atoms with Crippen molar-refractivity contribution in [2.24, 2.45) is 0 Å². The van der Waals surface area contributed by atoms with E-state index in [0.717, 1.165) is 61.7 Å². The number of halogens is 1. The molecule has 0 spiro atoms. The van der Waals surface area contributed by atoms with Crippen LogP contribution in [0.25, 0.3) is 10.9 Å². The number of nitrogens with one attached hydrogen (secondary N) is 2. The Balaban J connectivity index is 1.22. The van der Waals surface area contributed by atoms with E-state index in [2.05, 4.69) is 83.3 Å². The van der Waals surface area contributed by atoms with E-state index < -0.39 is 7.14 Å². The number of fused-ring (bicyclic) bond motifs is 1. The van der Waals surface area contributed by atoms with Gasteiger partial charge in [-0.05, 0) is 92.0 Å². The number of benzene rings is 2. The van der Waals surface area contributed by atoms with Crippen molar-refractivity contribution in [1.82, 2.24) is 24.8 Å². The van der Waals surface area contributed by atoms with Gasteiger partial charge in [0, 0.05) is 74.0 Å². The fourth-order valence-electron chi connectivity index (χ4n) is 6.66. The van der Waals surface area contributed by atoms with E-state index >= 15 is 0 Å². The van der Waals surface area contributed by atoms with E-state index in [1.54, 1.807) is 32.7 Å². The number of methoxy groups -OCH3 is 1. The van der Waals surface area contributed by atoms with Gasteiger partial charge in [0.25, 0.3) is 0 Å². The fraction of sp³-hybridized carbons (Fsp3) is 0.400. The molecule has 12 heteroatoms. The van der Waals surface area contributed by atoms with Crippen molar-refractivity contribution in [2.75, 3.05) is 82.3 Å². The topological polar surface area (TPSA) is 98.8 Å². The van der Waals surface area contributed by atoms with Gasteiger partial charge in [0.2, 0.25) is 5.95 Å². The molecule has 4 aromatic rings. The normalized spacial score (nSPS) is 16.7. The first-order chi connectivity index (χ1) is 22.5. The average Bonchev–Trinajstić information content (AvgIpc) is 3.06. The van der Waals surface area contributed by atoms with Crippen LogP contribution in [-0.4, -0.2) is 97.5 Å². The van der Waals surface area contributed by atoms with Crippen LogP contribution in [0.3, 0.4) is 0 Å². The number of piperidine rings is 1. The Bertz CT molecular complexity index is 1870. The molecule has 0 unspecified atom stereocenters. The number of ether oxygens (including phenoxy) is 1. The molecule has 2 N–H and O–H groups in total. The van der Waals surface area contributed by atoms with Crippen LogP contribution in [0.2, 0.25) is 0 Å². The second-order valence-corrected chi connectivity index (χ2v) is 16.8. The first-order valence-electron chi connectivity index (χ1n) is 15.9. The van der Waals surface area contributed by atoms with Crippen LogP contribution >= 0.6 is 23.1 Å². The van der Waals surface area contributed by atoms with E-state index in [0.29, 0.717) is 44.5 Å². The van der Waals surface area contributed by atoms with Crippen LogP contribution in [0.15, 0.2) is 47.1 Å². The van der Waals surface area contributed by atoms with E-state index in [1.165, 1.54) is 18.5 Å². The summed E-state index contributed by atoms with van der Waals surface area (Å²) in [6.07, 6.45) is 9.59. The van der Waals surface area contributed by atoms with E-state index in [1.807, 2.05) is 18.2 Å². The number of hydrogen-bond donors (Lipinski definition) is 2. The number of hydrogen-bond acceptors (Lipinski definition) is 10. The SMILES string of the molecule is C#Cc1ccc2c(P(C)(C)=O)c(Nc3nc(Nc4cc(C)c(N5CCC(N6CCN(C)CC6)CC5)cc4OC)ncc3Br)ccc2n1. The Labute approximate surface area is 285 Å². The lowest BCUT2D eigenvalue weighted by Gasteiger charge is -2.43. The van der Waals surface area contributed by atoms with Gasteiger partial charge in [-0.2, -0.15) is 4.98 Å². The molecule has 246 valence electrons. The van der Waals surface area contributed by atoms with E-state index in [-0.39, 0.29) is 0 Å². The molecule has 2 saturated heterocycles. The van der Waals surface area contributed by atoms with Gasteiger partial charge in [0.05, 0.1) is 28.5 Å². The Hall–Kier alpha value is -3.68. The summed E-state index contributed by atoms with van der Waals surface area (Å²) in [7, 11) is 1.15. The first kappa shape index (κ1) is 33.2. The molecule has 0 aliphatic carbocycles. The molecule has 10 nitrogen and oxygen atoms in total. The average molecular weight is 718 g/mol. The summed E-state index contributed by atoms with van der Waals surface area (Å²) in [4.78, 5) is 21.4. The highest BCUT2D eigenvalue weighted by molar-refractivity contribution is 9.10. The van der Waals surface area contributed by atoms with Crippen LogP contribution in [0.1, 0.15) is 24.1 Å². The Morgan fingerprint density at radius 1 is 1.00 bits per heavy atom. The van der Waals surface area contributed by atoms with E-state index in [4.69, 9.17) is 16.1 Å². The predicted molar refractivity (Wildman–Crippen MR) is 197 cm³/mol. The first-order valence-corrected chi connectivity index (χ1v) is 19.3. The molecule has 0 radical (unpaired) electrons. The molecular formula is C35H42BrN8O2P. The fourth-order valence-corrected chi connectivity index (χ4v) is 8.43. The molecular weight excluding hydrogens is 675 g/mol. The largest absolute Gasteiger partial charge is 0.494 e. The third-order valence-electron chi connectivity index (χ3n) is 9.15. The zero-order chi connectivity index (χ0) is 33.3. The molecule has 6 rings (SSSR count). The molecule has 2 aromatic heterocycles. The van der Waals surface area contributed by atoms with Gasteiger partial charge >= 0.3 is 0 Å². The van der Waals surface area contributed by atoms with Gasteiger partial charge in [-0.3, -0.25) is 4.90 Å². The molecule has 47 heavy (non-hydrogen) atoms. The zero-order valence-electron chi connectivity index (χ0n) is 27.7. The van der Waals surface area contributed by atoms with Crippen molar-refractivity contribution in [2.45, 2.75) is 25.8 Å². The minimum atomic E-state index is -2.74. The number of pyridine rings is 1. The third-order valence-corrected chi connectivity index (χ3v) is 11.3. The zero-order valence-corrected chi connectivity index (χ0v) is 30.2. The highest BCUT2D eigenvalue weighted by atomic mass is 79.9. The predicted octanol–water partition coefficient (Wildman–Crippen LogP) is 6.04. The van der Waals surface area contributed by atoms with Crippen LogP contribution in [0, 0.1) is 19.3 Å². The van der Waals surface area contributed by atoms with Crippen molar-refractivity contribution >= 4 is 68.1 Å². The molecule has 0 atom stereocenters. The summed E-state index contributed by atoms with van der Waals surface area (Å²) >= 11 is 3.59. The third kappa shape index (κ3) is 7.26. The van der Waals surface area contributed by atoms with Crippen LogP contribution in [0.4, 0.5) is 28.8 Å². The highest BCUT2D eigenvalue weighted by Gasteiger charge is 2.28. The molecule has 2 fully saturated rings. The van der Waals surface area contributed by atoms with Gasteiger partial charge < -0.3 is 29.7 Å². The number of nitrogens with zero attached hydrogens (tertiary/aromatic N) is 6. The summed E-state index contributed by atoms with van der Waals surface area (Å²) in [5, 5.41) is 8.23. The number of terminal acetylenes is 1. The number of anilines is 5. The van der Waals surface area contributed by atoms with Gasteiger partial charge in [0.15, 0.2) is 0 Å². The second kappa shape index (κ2) is 13.8. The summed E-state index contributed by atoms with van der Waals surface area (Å²) in [5.74, 6) is 4.22. The minimum Gasteiger partial charge on any atom is -0.494 e. The van der Waals surface area contributed by atoms with Crippen molar-refractivity contribution in [3.05, 3.63) is 58.3 Å². The number of aryl methyl sites for hydroxylation is 1. The number of likely N-dealkylation sites (N-methyl/N-ethyl adjacent to an activating group) is 1. The van der Waals surface area contributed by atoms with E-state index in [9.17, 15) is 4.57 Å². The Kier molecular flexibility index (Phi) is 9.77. The molecule has 2 aliphatic heterocycles. The van der Waals surface area contributed by atoms with Crippen LogP contribution < -0.4 is 25.6 Å². The van der Waals surface area contributed by atoms with Crippen molar-refractivity contribution < 1.29 is 9.30 Å². The lowest BCUT2D eigenvalue weighted by Crippen LogP contribution is -2.52. The standard InChI is InChI=1S/C35H42BrN8O2P/c1-7-24-8-9-26-28(38-24)10-11-29(33(26)47(5,6)45)39-34-27(36)22-37-35(41-34)40-30-20-23(2)31(21-32(30)46-4)44-14-12-25(13-15-44)43-18-16-42(3)17-19-43/h1,8-11,20-22,25H,12-19H2,2-6H3,(H2,37,39,40,41). The van der Waals surface area contributed by atoms with Gasteiger partial charge in [0.1, 0.15) is 24.4 Å². The number of aromatic nitrogens is 3. The van der Waals surface area contributed by atoms with Gasteiger partial charge in [-0.15, -0.1) is 6.42 Å². The molecule has 4 heterocycles. The van der Waals surface area contributed by atoms with Crippen molar-refractivity contribution in [3.63, 3.8) is 0 Å². The lowest BCUT2D eigenvalue weighted by atomic mass is 10.0. The molecule has 2 aromatic carbocycles. The van der Waals surface area contributed by atoms with Crippen LogP contribution in [0.5, 0.6) is 5.75 Å². The maximum absolute atomic E-state index is 13.5. The Morgan fingerprint density at radius 3 is 2.43 bits per heavy atom. The van der Waals surface area contributed by atoms with Crippen molar-refractivity contribution in [1.29, 1.82) is 0 Å².